The predicted octanol–water partition coefficient (Wildman–Crippen LogP) is 7.19. The zero-order valence-corrected chi connectivity index (χ0v) is 19.5. The van der Waals surface area contributed by atoms with E-state index in [9.17, 15) is 0 Å². The van der Waals surface area contributed by atoms with Crippen molar-refractivity contribution in [2.45, 2.75) is 71.2 Å². The van der Waals surface area contributed by atoms with Crippen LogP contribution >= 0.6 is 0 Å². The van der Waals surface area contributed by atoms with E-state index in [2.05, 4.69) is 91.1 Å². The SMILES string of the molecule is BCC=C(c1ccccc1)c1ccccc1.CCCCCCCCCCn1ccnc1. The van der Waals surface area contributed by atoms with Crippen LogP contribution in [0.5, 0.6) is 0 Å². The van der Waals surface area contributed by atoms with Crippen molar-refractivity contribution < 1.29 is 0 Å². The summed E-state index contributed by atoms with van der Waals surface area (Å²) in [5, 5.41) is 0. The van der Waals surface area contributed by atoms with Gasteiger partial charge in [0, 0.05) is 18.9 Å². The van der Waals surface area contributed by atoms with Crippen LogP contribution in [0.1, 0.15) is 69.4 Å². The molecule has 0 fully saturated rings. The molecule has 0 aliphatic rings. The molecule has 0 amide bonds. The van der Waals surface area contributed by atoms with Gasteiger partial charge in [0.1, 0.15) is 7.85 Å². The lowest BCUT2D eigenvalue weighted by Crippen LogP contribution is -1.93. The average molecular weight is 414 g/mol. The molecular weight excluding hydrogens is 375 g/mol. The maximum atomic E-state index is 4.03. The number of aryl methyl sites for hydroxylation is 1. The summed E-state index contributed by atoms with van der Waals surface area (Å²) in [6.45, 7) is 3.40. The molecule has 2 nitrogen and oxygen atoms in total. The maximum Gasteiger partial charge on any atom is 0.106 e. The van der Waals surface area contributed by atoms with Gasteiger partial charge in [-0.2, -0.15) is 0 Å². The molecule has 0 atom stereocenters. The van der Waals surface area contributed by atoms with Gasteiger partial charge in [0.15, 0.2) is 0 Å². The van der Waals surface area contributed by atoms with Gasteiger partial charge >= 0.3 is 0 Å². The molecule has 0 N–H and O–H groups in total. The number of hydrogen-bond donors (Lipinski definition) is 0. The van der Waals surface area contributed by atoms with Crippen molar-refractivity contribution in [3.8, 4) is 0 Å². The summed E-state index contributed by atoms with van der Waals surface area (Å²) >= 11 is 0. The van der Waals surface area contributed by atoms with Gasteiger partial charge in [-0.1, -0.05) is 125 Å². The molecule has 0 spiro atoms. The molecule has 31 heavy (non-hydrogen) atoms. The van der Waals surface area contributed by atoms with Crippen LogP contribution in [0, 0.1) is 0 Å². The molecule has 0 radical (unpaired) electrons. The van der Waals surface area contributed by atoms with Gasteiger partial charge in [-0.05, 0) is 23.1 Å². The number of unbranched alkanes of at least 4 members (excludes halogenated alkanes) is 7. The fourth-order valence-electron chi connectivity index (χ4n) is 3.69. The quantitative estimate of drug-likeness (QED) is 0.226. The number of aromatic nitrogens is 2. The minimum absolute atomic E-state index is 1.05. The molecule has 0 unspecified atom stereocenters. The minimum Gasteiger partial charge on any atom is -0.337 e. The van der Waals surface area contributed by atoms with E-state index in [1.54, 1.807) is 0 Å². The van der Waals surface area contributed by atoms with Gasteiger partial charge in [-0.25, -0.2) is 4.98 Å². The molecule has 164 valence electrons. The maximum absolute atomic E-state index is 4.03. The Morgan fingerprint density at radius 1 is 0.806 bits per heavy atom. The van der Waals surface area contributed by atoms with Crippen LogP contribution < -0.4 is 0 Å². The van der Waals surface area contributed by atoms with Gasteiger partial charge in [0.05, 0.1) is 6.33 Å². The van der Waals surface area contributed by atoms with Gasteiger partial charge in [0.2, 0.25) is 0 Å². The van der Waals surface area contributed by atoms with Gasteiger partial charge in [0.25, 0.3) is 0 Å². The first kappa shape index (κ1) is 24.7. The lowest BCUT2D eigenvalue weighted by Gasteiger charge is -2.07. The van der Waals surface area contributed by atoms with Gasteiger partial charge in [-0.15, -0.1) is 0 Å². The number of rotatable bonds is 12. The van der Waals surface area contributed by atoms with E-state index in [0.717, 1.165) is 12.9 Å². The molecule has 1 aromatic heterocycles. The summed E-state index contributed by atoms with van der Waals surface area (Å²) in [6, 6.07) is 21.1. The highest BCUT2D eigenvalue weighted by atomic mass is 15.0. The molecule has 2 aromatic carbocycles. The Labute approximate surface area is 190 Å². The lowest BCUT2D eigenvalue weighted by molar-refractivity contribution is 0.543. The van der Waals surface area contributed by atoms with E-state index in [4.69, 9.17) is 0 Å². The first-order chi connectivity index (χ1) is 15.3. The van der Waals surface area contributed by atoms with Crippen LogP contribution in [0.4, 0.5) is 0 Å². The summed E-state index contributed by atoms with van der Waals surface area (Å²) < 4.78 is 2.16. The summed E-state index contributed by atoms with van der Waals surface area (Å²) in [4.78, 5) is 4.03. The van der Waals surface area contributed by atoms with Crippen molar-refractivity contribution in [1.82, 2.24) is 9.55 Å². The summed E-state index contributed by atoms with van der Waals surface area (Å²) in [5.41, 5.74) is 3.90. The van der Waals surface area contributed by atoms with E-state index in [-0.39, 0.29) is 0 Å². The monoisotopic (exact) mass is 414 g/mol. The second-order valence-corrected chi connectivity index (χ2v) is 8.03. The van der Waals surface area contributed by atoms with E-state index >= 15 is 0 Å². The molecule has 0 saturated heterocycles. The van der Waals surface area contributed by atoms with Crippen LogP contribution in [0.15, 0.2) is 85.5 Å². The summed E-state index contributed by atoms with van der Waals surface area (Å²) in [5.74, 6) is 0. The van der Waals surface area contributed by atoms with Crippen LogP contribution in [0.25, 0.3) is 5.57 Å². The Kier molecular flexibility index (Phi) is 12.9. The van der Waals surface area contributed by atoms with E-state index < -0.39 is 0 Å². The largest absolute Gasteiger partial charge is 0.337 e. The Morgan fingerprint density at radius 3 is 1.84 bits per heavy atom. The Hall–Kier alpha value is -2.55. The van der Waals surface area contributed by atoms with Crippen LogP contribution in [-0.2, 0) is 6.54 Å². The number of hydrogen-bond acceptors (Lipinski definition) is 1. The zero-order valence-electron chi connectivity index (χ0n) is 19.5. The van der Waals surface area contributed by atoms with Crippen LogP contribution in [-0.4, -0.2) is 17.4 Å². The first-order valence-electron chi connectivity index (χ1n) is 12.1. The molecule has 3 rings (SSSR count). The lowest BCUT2D eigenvalue weighted by atomic mass is 9.93. The molecule has 0 saturated carbocycles. The van der Waals surface area contributed by atoms with Crippen LogP contribution in [0.2, 0.25) is 6.32 Å². The predicted molar refractivity (Wildman–Crippen MR) is 138 cm³/mol. The number of imidazole rings is 1. The summed E-state index contributed by atoms with van der Waals surface area (Å²) in [6.07, 6.45) is 20.2. The zero-order chi connectivity index (χ0) is 22.0. The highest BCUT2D eigenvalue weighted by molar-refractivity contribution is 6.10. The second-order valence-electron chi connectivity index (χ2n) is 8.03. The Balaban J connectivity index is 0.000000221. The molecule has 3 aromatic rings. The van der Waals surface area contributed by atoms with Crippen LogP contribution in [0.3, 0.4) is 0 Å². The Bertz CT molecular complexity index is 769. The molecule has 0 aliphatic carbocycles. The van der Waals surface area contributed by atoms with Crippen molar-refractivity contribution in [1.29, 1.82) is 0 Å². The average Bonchev–Trinajstić information content (AvgIpc) is 3.34. The topological polar surface area (TPSA) is 17.8 Å². The molecule has 0 aliphatic heterocycles. The smallest absolute Gasteiger partial charge is 0.106 e. The second kappa shape index (κ2) is 16.2. The highest BCUT2D eigenvalue weighted by Crippen LogP contribution is 2.23. The number of benzene rings is 2. The van der Waals surface area contributed by atoms with Crippen molar-refractivity contribution in [2.24, 2.45) is 0 Å². The third-order valence-corrected chi connectivity index (χ3v) is 5.41. The van der Waals surface area contributed by atoms with Gasteiger partial charge in [-0.3, -0.25) is 0 Å². The van der Waals surface area contributed by atoms with Crippen molar-refractivity contribution in [2.75, 3.05) is 0 Å². The Morgan fingerprint density at radius 2 is 1.35 bits per heavy atom. The van der Waals surface area contributed by atoms with Crippen molar-refractivity contribution in [3.05, 3.63) is 96.6 Å². The third-order valence-electron chi connectivity index (χ3n) is 5.41. The fourth-order valence-corrected chi connectivity index (χ4v) is 3.69. The minimum atomic E-state index is 1.05. The summed E-state index contributed by atoms with van der Waals surface area (Å²) in [7, 11) is 2.17. The van der Waals surface area contributed by atoms with E-state index in [1.807, 2.05) is 18.7 Å². The standard InChI is InChI=1S/C15H15B.C13H24N2/c16-12-11-15(13-7-3-1-4-8-13)14-9-5-2-6-10-14;1-2-3-4-5-6-7-8-9-11-15-12-10-14-13-15/h1-11H,12,16H2;10,12-13H,2-9,11H2,1H3. The number of allylic oxidation sites excluding steroid dienone is 1. The first-order valence-corrected chi connectivity index (χ1v) is 12.1. The fraction of sp³-hybridized carbons (Fsp3) is 0.393. The van der Waals surface area contributed by atoms with E-state index in [0.29, 0.717) is 0 Å². The normalized spacial score (nSPS) is 10.2. The molecular formula is C28H39BN2. The molecule has 3 heteroatoms. The molecule has 0 bridgehead atoms. The number of nitrogens with zero attached hydrogens (tertiary/aromatic N) is 2. The van der Waals surface area contributed by atoms with Crippen molar-refractivity contribution in [3.63, 3.8) is 0 Å². The van der Waals surface area contributed by atoms with E-state index in [1.165, 1.54) is 68.1 Å². The van der Waals surface area contributed by atoms with Crippen molar-refractivity contribution >= 4 is 13.4 Å². The third kappa shape index (κ3) is 10.4. The van der Waals surface area contributed by atoms with Gasteiger partial charge < -0.3 is 4.57 Å². The molecule has 1 heterocycles. The highest BCUT2D eigenvalue weighted by Gasteiger charge is 2.02.